The standard InChI is InChI=1S/C16H25NO2/c1-11-9-12(18)7-8-13(11)14(19)17-16(5,6)10-15(2,3)4/h7-9,18H,10H2,1-6H3,(H,17,19). The molecule has 19 heavy (non-hydrogen) atoms. The molecule has 3 nitrogen and oxygen atoms in total. The van der Waals surface area contributed by atoms with Crippen molar-refractivity contribution in [1.82, 2.24) is 5.32 Å². The van der Waals surface area contributed by atoms with E-state index in [1.54, 1.807) is 18.2 Å². The molecule has 0 saturated heterocycles. The number of phenols is 1. The van der Waals surface area contributed by atoms with Crippen molar-refractivity contribution < 1.29 is 9.90 Å². The van der Waals surface area contributed by atoms with Crippen molar-refractivity contribution in [3.63, 3.8) is 0 Å². The molecule has 1 aromatic carbocycles. The number of nitrogens with one attached hydrogen (secondary N) is 1. The van der Waals surface area contributed by atoms with Crippen molar-refractivity contribution in [3.05, 3.63) is 29.3 Å². The van der Waals surface area contributed by atoms with Gasteiger partial charge in [0.15, 0.2) is 0 Å². The number of amides is 1. The van der Waals surface area contributed by atoms with E-state index < -0.39 is 0 Å². The molecule has 0 bridgehead atoms. The Morgan fingerprint density at radius 2 is 1.79 bits per heavy atom. The Labute approximate surface area is 116 Å². The average Bonchev–Trinajstić information content (AvgIpc) is 2.11. The molecule has 0 spiro atoms. The predicted molar refractivity (Wildman–Crippen MR) is 78.5 cm³/mol. The van der Waals surface area contributed by atoms with Crippen molar-refractivity contribution in [2.75, 3.05) is 0 Å². The van der Waals surface area contributed by atoms with Gasteiger partial charge >= 0.3 is 0 Å². The van der Waals surface area contributed by atoms with E-state index in [9.17, 15) is 9.90 Å². The summed E-state index contributed by atoms with van der Waals surface area (Å²) in [4.78, 5) is 12.3. The lowest BCUT2D eigenvalue weighted by atomic mass is 9.81. The first kappa shape index (κ1) is 15.5. The van der Waals surface area contributed by atoms with E-state index in [0.717, 1.165) is 12.0 Å². The Morgan fingerprint density at radius 1 is 1.21 bits per heavy atom. The first-order valence-corrected chi connectivity index (χ1v) is 6.62. The van der Waals surface area contributed by atoms with Crippen molar-refractivity contribution >= 4 is 5.91 Å². The Morgan fingerprint density at radius 3 is 2.26 bits per heavy atom. The van der Waals surface area contributed by atoms with Gasteiger partial charge in [-0.15, -0.1) is 0 Å². The van der Waals surface area contributed by atoms with Crippen molar-refractivity contribution in [1.29, 1.82) is 0 Å². The first-order valence-electron chi connectivity index (χ1n) is 6.62. The van der Waals surface area contributed by atoms with Gasteiger partial charge in [-0.1, -0.05) is 20.8 Å². The largest absolute Gasteiger partial charge is 0.508 e. The van der Waals surface area contributed by atoms with Crippen LogP contribution in [0.5, 0.6) is 5.75 Å². The molecule has 0 fully saturated rings. The normalized spacial score (nSPS) is 12.3. The van der Waals surface area contributed by atoms with E-state index >= 15 is 0 Å². The molecular formula is C16H25NO2. The van der Waals surface area contributed by atoms with Crippen LogP contribution in [-0.2, 0) is 0 Å². The minimum Gasteiger partial charge on any atom is -0.508 e. The highest BCUT2D eigenvalue weighted by molar-refractivity contribution is 5.96. The predicted octanol–water partition coefficient (Wildman–Crippen LogP) is 3.65. The molecule has 0 saturated carbocycles. The summed E-state index contributed by atoms with van der Waals surface area (Å²) in [6.45, 7) is 12.4. The van der Waals surface area contributed by atoms with Gasteiger partial charge in [-0.3, -0.25) is 4.79 Å². The topological polar surface area (TPSA) is 49.3 Å². The zero-order chi connectivity index (χ0) is 14.8. The van der Waals surface area contributed by atoms with E-state index in [2.05, 4.69) is 26.1 Å². The third-order valence-electron chi connectivity index (χ3n) is 2.88. The monoisotopic (exact) mass is 263 g/mol. The minimum absolute atomic E-state index is 0.0910. The summed E-state index contributed by atoms with van der Waals surface area (Å²) in [5.41, 5.74) is 1.28. The molecule has 1 aromatic rings. The van der Waals surface area contributed by atoms with Gasteiger partial charge in [0.25, 0.3) is 5.91 Å². The highest BCUT2D eigenvalue weighted by Crippen LogP contribution is 2.27. The molecule has 0 aliphatic carbocycles. The number of hydrogen-bond acceptors (Lipinski definition) is 2. The highest BCUT2D eigenvalue weighted by Gasteiger charge is 2.27. The second kappa shape index (κ2) is 5.24. The quantitative estimate of drug-likeness (QED) is 0.874. The molecule has 1 amide bonds. The van der Waals surface area contributed by atoms with Crippen LogP contribution in [0, 0.1) is 12.3 Å². The van der Waals surface area contributed by atoms with Crippen LogP contribution < -0.4 is 5.32 Å². The van der Waals surface area contributed by atoms with Gasteiger partial charge in [-0.05, 0) is 56.4 Å². The highest BCUT2D eigenvalue weighted by atomic mass is 16.3. The molecule has 3 heteroatoms. The van der Waals surface area contributed by atoms with Gasteiger partial charge in [0.05, 0.1) is 0 Å². The van der Waals surface area contributed by atoms with Crippen molar-refractivity contribution in [3.8, 4) is 5.75 Å². The fraction of sp³-hybridized carbons (Fsp3) is 0.562. The Hall–Kier alpha value is -1.51. The lowest BCUT2D eigenvalue weighted by Crippen LogP contribution is -2.46. The maximum atomic E-state index is 12.3. The maximum absolute atomic E-state index is 12.3. The Bertz CT molecular complexity index is 470. The number of benzene rings is 1. The van der Waals surface area contributed by atoms with Crippen molar-refractivity contribution in [2.45, 2.75) is 53.5 Å². The summed E-state index contributed by atoms with van der Waals surface area (Å²) in [5, 5.41) is 12.4. The van der Waals surface area contributed by atoms with Crippen LogP contribution in [0.2, 0.25) is 0 Å². The smallest absolute Gasteiger partial charge is 0.251 e. The Balaban J connectivity index is 2.84. The SMILES string of the molecule is Cc1cc(O)ccc1C(=O)NC(C)(C)CC(C)(C)C. The van der Waals surface area contributed by atoms with Gasteiger partial charge in [0.1, 0.15) is 5.75 Å². The fourth-order valence-electron chi connectivity index (χ4n) is 2.65. The molecule has 2 N–H and O–H groups in total. The van der Waals surface area contributed by atoms with E-state index in [1.807, 2.05) is 20.8 Å². The van der Waals surface area contributed by atoms with Gasteiger partial charge in [0, 0.05) is 11.1 Å². The number of phenolic OH excluding ortho intramolecular Hbond substituents is 1. The number of aryl methyl sites for hydroxylation is 1. The Kier molecular flexibility index (Phi) is 4.28. The maximum Gasteiger partial charge on any atom is 0.251 e. The molecule has 1 rings (SSSR count). The summed E-state index contributed by atoms with van der Waals surface area (Å²) in [6, 6.07) is 4.80. The van der Waals surface area contributed by atoms with E-state index in [-0.39, 0.29) is 22.6 Å². The molecule has 0 aliphatic rings. The van der Waals surface area contributed by atoms with Gasteiger partial charge in [0.2, 0.25) is 0 Å². The van der Waals surface area contributed by atoms with Crippen LogP contribution in [0.1, 0.15) is 57.0 Å². The van der Waals surface area contributed by atoms with Gasteiger partial charge < -0.3 is 10.4 Å². The molecule has 0 aliphatic heterocycles. The second-order valence-corrected chi connectivity index (χ2v) is 7.07. The van der Waals surface area contributed by atoms with Crippen LogP contribution >= 0.6 is 0 Å². The second-order valence-electron chi connectivity index (χ2n) is 7.07. The van der Waals surface area contributed by atoms with E-state index in [4.69, 9.17) is 0 Å². The fourth-order valence-corrected chi connectivity index (χ4v) is 2.65. The summed E-state index contributed by atoms with van der Waals surface area (Å²) in [5.74, 6) is 0.0924. The van der Waals surface area contributed by atoms with Gasteiger partial charge in [-0.2, -0.15) is 0 Å². The van der Waals surface area contributed by atoms with E-state index in [0.29, 0.717) is 5.56 Å². The third kappa shape index (κ3) is 4.93. The van der Waals surface area contributed by atoms with Crippen LogP contribution in [0.3, 0.4) is 0 Å². The molecule has 0 radical (unpaired) electrons. The van der Waals surface area contributed by atoms with Crippen LogP contribution in [-0.4, -0.2) is 16.6 Å². The van der Waals surface area contributed by atoms with E-state index in [1.165, 1.54) is 0 Å². The molecular weight excluding hydrogens is 238 g/mol. The number of carbonyl (C=O) groups excluding carboxylic acids is 1. The molecule has 0 atom stereocenters. The average molecular weight is 263 g/mol. The minimum atomic E-state index is -0.264. The molecule has 0 aromatic heterocycles. The number of carbonyl (C=O) groups is 1. The summed E-state index contributed by atoms with van der Waals surface area (Å²) < 4.78 is 0. The zero-order valence-corrected chi connectivity index (χ0v) is 12.8. The number of hydrogen-bond donors (Lipinski definition) is 2. The first-order chi connectivity index (χ1) is 8.50. The number of aromatic hydroxyl groups is 1. The molecule has 0 heterocycles. The van der Waals surface area contributed by atoms with Crippen LogP contribution in [0.4, 0.5) is 0 Å². The summed E-state index contributed by atoms with van der Waals surface area (Å²) in [6.07, 6.45) is 0.892. The van der Waals surface area contributed by atoms with Crippen LogP contribution in [0.25, 0.3) is 0 Å². The number of rotatable bonds is 3. The molecule has 106 valence electrons. The lowest BCUT2D eigenvalue weighted by molar-refractivity contribution is 0.0891. The summed E-state index contributed by atoms with van der Waals surface area (Å²) in [7, 11) is 0. The van der Waals surface area contributed by atoms with Crippen LogP contribution in [0.15, 0.2) is 18.2 Å². The van der Waals surface area contributed by atoms with Crippen molar-refractivity contribution in [2.24, 2.45) is 5.41 Å². The molecule has 0 unspecified atom stereocenters. The third-order valence-corrected chi connectivity index (χ3v) is 2.88. The zero-order valence-electron chi connectivity index (χ0n) is 12.8. The lowest BCUT2D eigenvalue weighted by Gasteiger charge is -2.33. The summed E-state index contributed by atoms with van der Waals surface area (Å²) >= 11 is 0. The van der Waals surface area contributed by atoms with Gasteiger partial charge in [-0.25, -0.2) is 0 Å².